The van der Waals surface area contributed by atoms with Gasteiger partial charge in [-0.05, 0) is 70.7 Å². The summed E-state index contributed by atoms with van der Waals surface area (Å²) >= 11 is 6.42. The molecule has 1 unspecified atom stereocenters. The summed E-state index contributed by atoms with van der Waals surface area (Å²) < 4.78 is 12.0. The van der Waals surface area contributed by atoms with E-state index in [0.717, 1.165) is 38.5 Å². The van der Waals surface area contributed by atoms with E-state index in [9.17, 15) is 19.8 Å². The summed E-state index contributed by atoms with van der Waals surface area (Å²) in [6.07, 6.45) is 21.8. The minimum Gasteiger partial charge on any atom is -0.507 e. The van der Waals surface area contributed by atoms with Crippen molar-refractivity contribution in [3.05, 3.63) is 81.5 Å². The molecule has 2 heterocycles. The van der Waals surface area contributed by atoms with Crippen LogP contribution >= 0.6 is 11.6 Å². The Bertz CT molecular complexity index is 1620. The smallest absolute Gasteiger partial charge is 0.412 e. The number of phenols is 1. The summed E-state index contributed by atoms with van der Waals surface area (Å²) in [5.74, 6) is -0.606. The molecule has 1 aliphatic heterocycles. The number of phenolic OH excluding ortho intramolecular Hbond substituents is 1. The lowest BCUT2D eigenvalue weighted by Gasteiger charge is -2.34. The van der Waals surface area contributed by atoms with Gasteiger partial charge in [0.2, 0.25) is 0 Å². The van der Waals surface area contributed by atoms with E-state index >= 15 is 0 Å². The Kier molecular flexibility index (Phi) is 15.7. The van der Waals surface area contributed by atoms with Crippen LogP contribution in [0.3, 0.4) is 0 Å². The van der Waals surface area contributed by atoms with Crippen LogP contribution in [-0.2, 0) is 0 Å². The minimum atomic E-state index is -0.815. The first-order chi connectivity index (χ1) is 23.8. The third-order valence-electron chi connectivity index (χ3n) is 9.13. The molecule has 0 bridgehead atoms. The van der Waals surface area contributed by atoms with E-state index in [1.165, 1.54) is 50.7 Å². The van der Waals surface area contributed by atoms with Gasteiger partial charge in [0.05, 0.1) is 11.1 Å². The molecular weight excluding hydrogens is 640 g/mol. The van der Waals surface area contributed by atoms with E-state index in [1.54, 1.807) is 24.3 Å². The molecule has 49 heavy (non-hydrogen) atoms. The number of carbonyl (C=O) groups is 1. The molecule has 1 fully saturated rings. The number of hydrogen-bond donors (Lipinski definition) is 3. The Morgan fingerprint density at radius 1 is 1.02 bits per heavy atom. The van der Waals surface area contributed by atoms with E-state index in [2.05, 4.69) is 36.5 Å². The second kappa shape index (κ2) is 20.2. The van der Waals surface area contributed by atoms with E-state index in [1.807, 2.05) is 11.9 Å². The number of rotatable bonds is 18. The summed E-state index contributed by atoms with van der Waals surface area (Å²) in [5, 5.41) is 25.3. The maximum atomic E-state index is 13.3. The fraction of sp³-hybridized carbons (Fsp3) is 0.500. The number of ether oxygens (including phenoxy) is 1. The van der Waals surface area contributed by atoms with Gasteiger partial charge >= 0.3 is 6.09 Å². The average molecular weight is 693 g/mol. The SMILES string of the molecule is CCCCCC=CCC=CCCCCCCCCNC(=O)Oc1cc(O)c2c(=O)cc(-c3ccccc3Cl)oc2c1C1CCN(C)C[C@@H]1O. The van der Waals surface area contributed by atoms with Crippen LogP contribution in [0.4, 0.5) is 4.79 Å². The maximum Gasteiger partial charge on any atom is 0.412 e. The molecule has 1 saturated heterocycles. The number of fused-ring (bicyclic) bond motifs is 1. The third-order valence-corrected chi connectivity index (χ3v) is 9.46. The Balaban J connectivity index is 1.32. The Hall–Kier alpha value is -3.59. The number of likely N-dealkylation sites (N-methyl/N-ethyl adjacent to an activating group) is 1. The topological polar surface area (TPSA) is 112 Å². The predicted molar refractivity (Wildman–Crippen MR) is 199 cm³/mol. The van der Waals surface area contributed by atoms with Crippen molar-refractivity contribution in [2.45, 2.75) is 102 Å². The molecule has 8 nitrogen and oxygen atoms in total. The molecule has 0 spiro atoms. The quantitative estimate of drug-likeness (QED) is 0.0899. The molecule has 9 heteroatoms. The monoisotopic (exact) mass is 692 g/mol. The molecular formula is C40H53ClN2O6. The second-order valence-corrected chi connectivity index (χ2v) is 13.5. The Morgan fingerprint density at radius 3 is 2.43 bits per heavy atom. The van der Waals surface area contributed by atoms with Crippen LogP contribution in [0.2, 0.25) is 5.02 Å². The van der Waals surface area contributed by atoms with Crippen LogP contribution in [0, 0.1) is 0 Å². The van der Waals surface area contributed by atoms with E-state index in [-0.39, 0.29) is 28.2 Å². The van der Waals surface area contributed by atoms with Crippen LogP contribution in [0.1, 0.15) is 102 Å². The maximum absolute atomic E-state index is 13.3. The van der Waals surface area contributed by atoms with E-state index in [0.29, 0.717) is 42.2 Å². The molecule has 1 aromatic heterocycles. The van der Waals surface area contributed by atoms with Crippen molar-refractivity contribution in [3.63, 3.8) is 0 Å². The molecule has 2 aromatic carbocycles. The summed E-state index contributed by atoms with van der Waals surface area (Å²) in [5.41, 5.74) is 0.493. The third kappa shape index (κ3) is 11.5. The van der Waals surface area contributed by atoms with Crippen LogP contribution < -0.4 is 15.5 Å². The lowest BCUT2D eigenvalue weighted by molar-refractivity contribution is 0.0630. The highest BCUT2D eigenvalue weighted by atomic mass is 35.5. The van der Waals surface area contributed by atoms with Gasteiger partial charge in [-0.25, -0.2) is 4.79 Å². The fourth-order valence-electron chi connectivity index (χ4n) is 6.41. The number of unbranched alkanes of at least 4 members (excludes halogenated alkanes) is 9. The van der Waals surface area contributed by atoms with Crippen molar-refractivity contribution in [3.8, 4) is 22.8 Å². The first-order valence-electron chi connectivity index (χ1n) is 18.0. The number of likely N-dealkylation sites (tertiary alicyclic amines) is 1. The molecule has 0 radical (unpaired) electrons. The van der Waals surface area contributed by atoms with E-state index in [4.69, 9.17) is 20.8 Å². The summed E-state index contributed by atoms with van der Waals surface area (Å²) in [7, 11) is 1.92. The van der Waals surface area contributed by atoms with Crippen LogP contribution in [0.15, 0.2) is 69.9 Å². The van der Waals surface area contributed by atoms with Gasteiger partial charge in [0, 0.05) is 42.3 Å². The number of β-amino-alcohol motifs (C(OH)–C–C–N with tert-alkyl or cyclic N) is 1. The zero-order valence-electron chi connectivity index (χ0n) is 29.1. The molecule has 0 aliphatic carbocycles. The first kappa shape index (κ1) is 38.2. The lowest BCUT2D eigenvalue weighted by atomic mass is 9.85. The first-order valence-corrected chi connectivity index (χ1v) is 18.4. The lowest BCUT2D eigenvalue weighted by Crippen LogP contribution is -2.40. The number of aliphatic hydroxyl groups is 1. The average Bonchev–Trinajstić information content (AvgIpc) is 3.07. The van der Waals surface area contributed by atoms with Crippen molar-refractivity contribution in [1.29, 1.82) is 0 Å². The van der Waals surface area contributed by atoms with Gasteiger partial charge in [-0.3, -0.25) is 4.79 Å². The van der Waals surface area contributed by atoms with Gasteiger partial charge in [0.1, 0.15) is 28.2 Å². The number of carbonyl (C=O) groups excluding carboxylic acids is 1. The highest BCUT2D eigenvalue weighted by Gasteiger charge is 2.34. The van der Waals surface area contributed by atoms with Crippen molar-refractivity contribution in [2.24, 2.45) is 0 Å². The van der Waals surface area contributed by atoms with Crippen molar-refractivity contribution in [1.82, 2.24) is 10.2 Å². The number of aromatic hydroxyl groups is 1. The molecule has 1 aliphatic rings. The largest absolute Gasteiger partial charge is 0.507 e. The van der Waals surface area contributed by atoms with Crippen LogP contribution in [-0.4, -0.2) is 54.0 Å². The normalized spacial score (nSPS) is 17.0. The van der Waals surface area contributed by atoms with Gasteiger partial charge in [-0.1, -0.05) is 93.5 Å². The zero-order chi connectivity index (χ0) is 35.0. The van der Waals surface area contributed by atoms with Crippen LogP contribution in [0.5, 0.6) is 11.5 Å². The van der Waals surface area contributed by atoms with Gasteiger partial charge in [0.15, 0.2) is 5.43 Å². The summed E-state index contributed by atoms with van der Waals surface area (Å²) in [4.78, 5) is 28.3. The van der Waals surface area contributed by atoms with Crippen molar-refractivity contribution < 1.29 is 24.2 Å². The summed E-state index contributed by atoms with van der Waals surface area (Å²) in [6, 6.07) is 9.55. The highest BCUT2D eigenvalue weighted by Crippen LogP contribution is 2.43. The number of halogens is 1. The molecule has 2 atom stereocenters. The number of nitrogens with one attached hydrogen (secondary N) is 1. The van der Waals surface area contributed by atoms with Gasteiger partial charge in [-0.15, -0.1) is 0 Å². The standard InChI is InChI=1S/C40H53ClN2O6/c1-3-4-5-6-7-8-9-10-11-12-13-14-15-16-17-20-24-42-40(47)49-36-27-33(45)38-32(44)26-35(29-21-18-19-22-31(29)41)48-39(38)37(36)30-23-25-43(2)28-34(30)46/h7-8,10-11,18-19,21-22,26-27,30,34,45-46H,3-6,9,12-17,20,23-25,28H2,1-2H3,(H,42,47)/t30?,34-/m0/s1. The number of nitrogens with zero attached hydrogens (tertiary/aromatic N) is 1. The molecule has 266 valence electrons. The zero-order valence-corrected chi connectivity index (χ0v) is 29.9. The van der Waals surface area contributed by atoms with Gasteiger partial charge in [0.25, 0.3) is 0 Å². The molecule has 3 aromatic rings. The number of benzene rings is 2. The Morgan fingerprint density at radius 2 is 1.71 bits per heavy atom. The molecule has 3 N–H and O–H groups in total. The minimum absolute atomic E-state index is 0.0361. The van der Waals surface area contributed by atoms with Crippen molar-refractivity contribution in [2.75, 3.05) is 26.7 Å². The number of aliphatic hydroxyl groups excluding tert-OH is 1. The molecule has 4 rings (SSSR count). The molecule has 0 saturated carbocycles. The molecule has 1 amide bonds. The van der Waals surface area contributed by atoms with Gasteiger partial charge < -0.3 is 29.6 Å². The predicted octanol–water partition coefficient (Wildman–Crippen LogP) is 9.50. The van der Waals surface area contributed by atoms with Crippen molar-refractivity contribution >= 4 is 28.7 Å². The second-order valence-electron chi connectivity index (χ2n) is 13.1. The van der Waals surface area contributed by atoms with E-state index < -0.39 is 23.5 Å². The Labute approximate surface area is 295 Å². The highest BCUT2D eigenvalue weighted by molar-refractivity contribution is 6.33. The van der Waals surface area contributed by atoms with Crippen LogP contribution in [0.25, 0.3) is 22.3 Å². The fourth-order valence-corrected chi connectivity index (χ4v) is 6.64. The summed E-state index contributed by atoms with van der Waals surface area (Å²) in [6.45, 7) is 3.75. The number of hydrogen-bond acceptors (Lipinski definition) is 7. The number of allylic oxidation sites excluding steroid dienone is 4. The van der Waals surface area contributed by atoms with Gasteiger partial charge in [-0.2, -0.15) is 0 Å². The number of amides is 1. The number of piperidine rings is 1.